The predicted octanol–water partition coefficient (Wildman–Crippen LogP) is 3.64. The number of benzene rings is 1. The van der Waals surface area contributed by atoms with Gasteiger partial charge in [0.25, 0.3) is 0 Å². The number of nitrogens with zero attached hydrogens (tertiary/aromatic N) is 2. The van der Waals surface area contributed by atoms with Crippen LogP contribution >= 0.6 is 0 Å². The van der Waals surface area contributed by atoms with Crippen molar-refractivity contribution in [2.24, 2.45) is 10.5 Å². The van der Waals surface area contributed by atoms with Gasteiger partial charge in [0, 0.05) is 24.6 Å². The highest BCUT2D eigenvalue weighted by Gasteiger charge is 2.40. The van der Waals surface area contributed by atoms with E-state index in [1.54, 1.807) is 0 Å². The zero-order valence-corrected chi connectivity index (χ0v) is 11.5. The molecule has 1 aliphatic rings. The number of rotatable bonds is 1. The first-order valence-electron chi connectivity index (χ1n) is 6.21. The van der Waals surface area contributed by atoms with E-state index < -0.39 is 0 Å². The third kappa shape index (κ3) is 2.08. The van der Waals surface area contributed by atoms with E-state index in [2.05, 4.69) is 70.1 Å². The van der Waals surface area contributed by atoms with Crippen LogP contribution in [0.15, 0.2) is 35.4 Å². The van der Waals surface area contributed by atoms with Crippen LogP contribution in [-0.2, 0) is 5.54 Å². The summed E-state index contributed by atoms with van der Waals surface area (Å²) < 4.78 is 0. The van der Waals surface area contributed by atoms with Crippen molar-refractivity contribution in [3.63, 3.8) is 0 Å². The molecule has 1 unspecified atom stereocenters. The van der Waals surface area contributed by atoms with E-state index in [9.17, 15) is 0 Å². The van der Waals surface area contributed by atoms with Gasteiger partial charge in [-0.25, -0.2) is 0 Å². The molecule has 1 aromatic carbocycles. The number of hydrazone groups is 1. The van der Waals surface area contributed by atoms with Crippen molar-refractivity contribution in [3.05, 3.63) is 35.9 Å². The molecule has 0 radical (unpaired) electrons. The summed E-state index contributed by atoms with van der Waals surface area (Å²) in [7, 11) is 2.08. The summed E-state index contributed by atoms with van der Waals surface area (Å²) in [5, 5.41) is 6.85. The van der Waals surface area contributed by atoms with Crippen molar-refractivity contribution in [1.82, 2.24) is 5.01 Å². The zero-order chi connectivity index (χ0) is 12.7. The molecule has 2 nitrogen and oxygen atoms in total. The molecule has 0 bridgehead atoms. The molecule has 2 rings (SSSR count). The van der Waals surface area contributed by atoms with E-state index >= 15 is 0 Å². The van der Waals surface area contributed by atoms with Crippen LogP contribution in [0, 0.1) is 5.41 Å². The molecule has 0 N–H and O–H groups in total. The first kappa shape index (κ1) is 12.2. The van der Waals surface area contributed by atoms with Gasteiger partial charge in [-0.05, 0) is 12.5 Å². The van der Waals surface area contributed by atoms with Gasteiger partial charge in [0.1, 0.15) is 0 Å². The Hall–Kier alpha value is -1.31. The van der Waals surface area contributed by atoms with E-state index in [1.807, 2.05) is 0 Å². The lowest BCUT2D eigenvalue weighted by atomic mass is 9.80. The van der Waals surface area contributed by atoms with Crippen molar-refractivity contribution >= 4 is 5.71 Å². The van der Waals surface area contributed by atoms with Crippen LogP contribution in [0.25, 0.3) is 0 Å². The summed E-state index contributed by atoms with van der Waals surface area (Å²) in [6.45, 7) is 8.97. The van der Waals surface area contributed by atoms with Crippen molar-refractivity contribution in [1.29, 1.82) is 0 Å². The Balaban J connectivity index is 2.33. The lowest BCUT2D eigenvalue weighted by Gasteiger charge is -2.32. The maximum atomic E-state index is 4.74. The summed E-state index contributed by atoms with van der Waals surface area (Å²) in [6, 6.07) is 10.6. The molecular weight excluding hydrogens is 208 g/mol. The fourth-order valence-corrected chi connectivity index (χ4v) is 2.27. The molecule has 17 heavy (non-hydrogen) atoms. The Morgan fingerprint density at radius 3 is 2.24 bits per heavy atom. The molecule has 0 amide bonds. The molecule has 2 heteroatoms. The normalized spacial score (nSPS) is 25.0. The van der Waals surface area contributed by atoms with Crippen LogP contribution in [0.1, 0.15) is 39.7 Å². The second-order valence-electron chi connectivity index (χ2n) is 6.14. The zero-order valence-electron chi connectivity index (χ0n) is 11.5. The van der Waals surface area contributed by atoms with Crippen LogP contribution in [0.3, 0.4) is 0 Å². The highest BCUT2D eigenvalue weighted by atomic mass is 15.5. The molecule has 0 saturated heterocycles. The van der Waals surface area contributed by atoms with Gasteiger partial charge < -0.3 is 0 Å². The first-order valence-corrected chi connectivity index (χ1v) is 6.21. The largest absolute Gasteiger partial charge is 0.290 e. The van der Waals surface area contributed by atoms with Crippen LogP contribution in [0.4, 0.5) is 0 Å². The smallest absolute Gasteiger partial charge is 0.0849 e. The van der Waals surface area contributed by atoms with E-state index in [1.165, 1.54) is 11.3 Å². The molecule has 0 fully saturated rings. The molecule has 0 spiro atoms. The molecule has 92 valence electrons. The quantitative estimate of drug-likeness (QED) is 0.719. The third-order valence-corrected chi connectivity index (χ3v) is 3.76. The SMILES string of the molecule is CN1N=C(C(C)(C)C)CC1(C)c1ccccc1. The Kier molecular flexibility index (Phi) is 2.76. The van der Waals surface area contributed by atoms with Gasteiger partial charge in [0.05, 0.1) is 5.54 Å². The average molecular weight is 230 g/mol. The molecule has 1 aromatic rings. The second-order valence-corrected chi connectivity index (χ2v) is 6.14. The monoisotopic (exact) mass is 230 g/mol. The van der Waals surface area contributed by atoms with Crippen LogP contribution in [-0.4, -0.2) is 17.8 Å². The molecule has 1 atom stereocenters. The molecule has 0 aliphatic carbocycles. The molecule has 1 heterocycles. The van der Waals surface area contributed by atoms with Crippen molar-refractivity contribution in [2.45, 2.75) is 39.7 Å². The summed E-state index contributed by atoms with van der Waals surface area (Å²) in [5.74, 6) is 0. The van der Waals surface area contributed by atoms with E-state index in [4.69, 9.17) is 5.10 Å². The van der Waals surface area contributed by atoms with Gasteiger partial charge in [-0.2, -0.15) is 5.10 Å². The maximum Gasteiger partial charge on any atom is 0.0849 e. The van der Waals surface area contributed by atoms with Crippen molar-refractivity contribution in [2.75, 3.05) is 7.05 Å². The van der Waals surface area contributed by atoms with Crippen LogP contribution in [0.5, 0.6) is 0 Å². The molecule has 0 saturated carbocycles. The van der Waals surface area contributed by atoms with E-state index in [0.717, 1.165) is 6.42 Å². The van der Waals surface area contributed by atoms with Gasteiger partial charge in [0.15, 0.2) is 0 Å². The summed E-state index contributed by atoms with van der Waals surface area (Å²) >= 11 is 0. The Morgan fingerprint density at radius 2 is 1.76 bits per heavy atom. The molecule has 1 aliphatic heterocycles. The van der Waals surface area contributed by atoms with E-state index in [-0.39, 0.29) is 11.0 Å². The molecule has 0 aromatic heterocycles. The first-order chi connectivity index (χ1) is 7.84. The molecular formula is C15H22N2. The van der Waals surface area contributed by atoms with Crippen LogP contribution < -0.4 is 0 Å². The minimum absolute atomic E-state index is 0.00384. The van der Waals surface area contributed by atoms with Gasteiger partial charge in [-0.3, -0.25) is 5.01 Å². The lowest BCUT2D eigenvalue weighted by Crippen LogP contribution is -2.34. The Labute approximate surface area is 104 Å². The van der Waals surface area contributed by atoms with Crippen molar-refractivity contribution < 1.29 is 0 Å². The predicted molar refractivity (Wildman–Crippen MR) is 73.1 cm³/mol. The Bertz CT molecular complexity index is 428. The van der Waals surface area contributed by atoms with Gasteiger partial charge in [-0.15, -0.1) is 0 Å². The Morgan fingerprint density at radius 1 is 1.18 bits per heavy atom. The fourth-order valence-electron chi connectivity index (χ4n) is 2.27. The number of hydrogen-bond acceptors (Lipinski definition) is 2. The van der Waals surface area contributed by atoms with E-state index in [0.29, 0.717) is 0 Å². The van der Waals surface area contributed by atoms with Gasteiger partial charge in [0.2, 0.25) is 0 Å². The van der Waals surface area contributed by atoms with Gasteiger partial charge in [-0.1, -0.05) is 51.1 Å². The number of hydrogen-bond donors (Lipinski definition) is 0. The topological polar surface area (TPSA) is 15.6 Å². The highest BCUT2D eigenvalue weighted by Crippen LogP contribution is 2.39. The lowest BCUT2D eigenvalue weighted by molar-refractivity contribution is 0.174. The summed E-state index contributed by atoms with van der Waals surface area (Å²) in [4.78, 5) is 0. The maximum absolute atomic E-state index is 4.74. The minimum atomic E-state index is 0.00384. The second kappa shape index (κ2) is 3.86. The third-order valence-electron chi connectivity index (χ3n) is 3.76. The highest BCUT2D eigenvalue weighted by molar-refractivity contribution is 5.91. The van der Waals surface area contributed by atoms with Gasteiger partial charge >= 0.3 is 0 Å². The average Bonchev–Trinajstić information content (AvgIpc) is 2.58. The standard InChI is InChI=1S/C15H22N2/c1-14(2,3)13-11-15(4,17(5)16-13)12-9-7-6-8-10-12/h6-10H,11H2,1-5H3. The van der Waals surface area contributed by atoms with Crippen molar-refractivity contribution in [3.8, 4) is 0 Å². The summed E-state index contributed by atoms with van der Waals surface area (Å²) in [6.07, 6.45) is 1.01. The minimum Gasteiger partial charge on any atom is -0.290 e. The fraction of sp³-hybridized carbons (Fsp3) is 0.533. The summed E-state index contributed by atoms with van der Waals surface area (Å²) in [5.41, 5.74) is 2.78. The van der Waals surface area contributed by atoms with Crippen LogP contribution in [0.2, 0.25) is 0 Å².